The molecule has 0 bridgehead atoms. The van der Waals surface area contributed by atoms with Crippen LogP contribution in [0.1, 0.15) is 28.3 Å². The lowest BCUT2D eigenvalue weighted by Crippen LogP contribution is -2.31. The molecular formula is C21H20ClNO2S. The van der Waals surface area contributed by atoms with Crippen molar-refractivity contribution in [3.8, 4) is 0 Å². The summed E-state index contributed by atoms with van der Waals surface area (Å²) in [5.74, 6) is -0.122. The molecule has 0 aliphatic heterocycles. The molecule has 0 heterocycles. The molecule has 0 saturated carbocycles. The van der Waals surface area contributed by atoms with E-state index in [1.54, 1.807) is 24.3 Å². The first-order valence-corrected chi connectivity index (χ1v) is 10.3. The van der Waals surface area contributed by atoms with Gasteiger partial charge in [-0.05, 0) is 41.3 Å². The first-order valence-electron chi connectivity index (χ1n) is 8.29. The summed E-state index contributed by atoms with van der Waals surface area (Å²) < 4.78 is 28.5. The second-order valence-electron chi connectivity index (χ2n) is 6.21. The van der Waals surface area contributed by atoms with E-state index in [4.69, 9.17) is 11.6 Å². The van der Waals surface area contributed by atoms with E-state index >= 15 is 0 Å². The molecule has 3 rings (SSSR count). The van der Waals surface area contributed by atoms with E-state index in [0.717, 1.165) is 16.7 Å². The maximum atomic E-state index is 12.8. The molecule has 0 amide bonds. The summed E-state index contributed by atoms with van der Waals surface area (Å²) in [6.07, 6.45) is 0. The predicted molar refractivity (Wildman–Crippen MR) is 107 cm³/mol. The Morgan fingerprint density at radius 1 is 0.923 bits per heavy atom. The van der Waals surface area contributed by atoms with Gasteiger partial charge in [-0.1, -0.05) is 78.3 Å². The van der Waals surface area contributed by atoms with Crippen LogP contribution in [0.5, 0.6) is 0 Å². The number of hydrogen-bond acceptors (Lipinski definition) is 2. The zero-order valence-corrected chi connectivity index (χ0v) is 16.0. The van der Waals surface area contributed by atoms with Gasteiger partial charge in [0.15, 0.2) is 0 Å². The fourth-order valence-corrected chi connectivity index (χ4v) is 4.47. The Morgan fingerprint density at radius 2 is 1.62 bits per heavy atom. The fraction of sp³-hybridized carbons (Fsp3) is 0.143. The first kappa shape index (κ1) is 18.6. The fourth-order valence-electron chi connectivity index (χ4n) is 2.93. The van der Waals surface area contributed by atoms with Gasteiger partial charge in [-0.2, -0.15) is 0 Å². The van der Waals surface area contributed by atoms with Crippen LogP contribution >= 0.6 is 11.6 Å². The zero-order chi connectivity index (χ0) is 18.6. The maximum absolute atomic E-state index is 12.8. The maximum Gasteiger partial charge on any atom is 0.216 e. The minimum atomic E-state index is -3.57. The molecule has 0 radical (unpaired) electrons. The van der Waals surface area contributed by atoms with Crippen molar-refractivity contribution in [2.75, 3.05) is 0 Å². The van der Waals surface area contributed by atoms with Gasteiger partial charge in [-0.3, -0.25) is 0 Å². The van der Waals surface area contributed by atoms with Crippen molar-refractivity contribution < 1.29 is 8.42 Å². The Balaban J connectivity index is 1.94. The highest BCUT2D eigenvalue weighted by Crippen LogP contribution is 2.26. The van der Waals surface area contributed by atoms with Crippen molar-refractivity contribution in [2.45, 2.75) is 18.7 Å². The van der Waals surface area contributed by atoms with E-state index in [-0.39, 0.29) is 5.75 Å². The molecule has 3 aromatic carbocycles. The van der Waals surface area contributed by atoms with E-state index in [9.17, 15) is 8.42 Å². The zero-order valence-electron chi connectivity index (χ0n) is 14.4. The molecule has 1 atom stereocenters. The van der Waals surface area contributed by atoms with Crippen LogP contribution < -0.4 is 4.72 Å². The van der Waals surface area contributed by atoms with Gasteiger partial charge in [0.2, 0.25) is 10.0 Å². The molecule has 3 aromatic rings. The van der Waals surface area contributed by atoms with Crippen LogP contribution in [0, 0.1) is 6.92 Å². The molecule has 0 unspecified atom stereocenters. The van der Waals surface area contributed by atoms with E-state index in [2.05, 4.69) is 4.72 Å². The number of sulfonamides is 1. The highest BCUT2D eigenvalue weighted by molar-refractivity contribution is 7.88. The average Bonchev–Trinajstić information content (AvgIpc) is 2.61. The number of rotatable bonds is 6. The van der Waals surface area contributed by atoms with Crippen LogP contribution in [0.2, 0.25) is 5.02 Å². The molecule has 0 fully saturated rings. The standard InChI is InChI=1S/C21H20ClNO2S/c1-16-8-5-6-13-20(16)21(18-10-3-2-4-11-18)23-26(24,25)15-17-9-7-12-19(22)14-17/h2-14,21,23H,15H2,1H3/t21-/m1/s1. The molecule has 26 heavy (non-hydrogen) atoms. The molecule has 0 aliphatic carbocycles. The number of hydrogen-bond donors (Lipinski definition) is 1. The first-order chi connectivity index (χ1) is 12.4. The monoisotopic (exact) mass is 385 g/mol. The third-order valence-electron chi connectivity index (χ3n) is 4.18. The quantitative estimate of drug-likeness (QED) is 0.658. The lowest BCUT2D eigenvalue weighted by molar-refractivity contribution is 0.571. The van der Waals surface area contributed by atoms with Crippen LogP contribution in [0.15, 0.2) is 78.9 Å². The third-order valence-corrected chi connectivity index (χ3v) is 5.72. The summed E-state index contributed by atoms with van der Waals surface area (Å²) in [7, 11) is -3.57. The molecular weight excluding hydrogens is 366 g/mol. The summed E-state index contributed by atoms with van der Waals surface area (Å²) in [5.41, 5.74) is 3.53. The minimum absolute atomic E-state index is 0.122. The number of nitrogens with one attached hydrogen (secondary N) is 1. The van der Waals surface area contributed by atoms with Crippen LogP contribution in [0.25, 0.3) is 0 Å². The van der Waals surface area contributed by atoms with E-state index < -0.39 is 16.1 Å². The molecule has 1 N–H and O–H groups in total. The van der Waals surface area contributed by atoms with Crippen LogP contribution in [0.3, 0.4) is 0 Å². The molecule has 0 saturated heterocycles. The molecule has 3 nitrogen and oxygen atoms in total. The third kappa shape index (κ3) is 4.73. The van der Waals surface area contributed by atoms with Crippen molar-refractivity contribution in [3.05, 3.63) is 106 Å². The van der Waals surface area contributed by atoms with Crippen LogP contribution in [0.4, 0.5) is 0 Å². The van der Waals surface area contributed by atoms with Crippen molar-refractivity contribution in [1.82, 2.24) is 4.72 Å². The Morgan fingerprint density at radius 3 is 2.31 bits per heavy atom. The van der Waals surface area contributed by atoms with Crippen molar-refractivity contribution in [2.24, 2.45) is 0 Å². The molecule has 0 spiro atoms. The largest absolute Gasteiger partial charge is 0.216 e. The lowest BCUT2D eigenvalue weighted by atomic mass is 9.96. The number of benzene rings is 3. The number of halogens is 1. The molecule has 134 valence electrons. The van der Waals surface area contributed by atoms with E-state index in [1.165, 1.54) is 0 Å². The highest BCUT2D eigenvalue weighted by Gasteiger charge is 2.22. The summed E-state index contributed by atoms with van der Waals surface area (Å²) in [5, 5.41) is 0.524. The molecule has 5 heteroatoms. The minimum Gasteiger partial charge on any atom is -0.212 e. The Bertz CT molecular complexity index is 988. The summed E-state index contributed by atoms with van der Waals surface area (Å²) >= 11 is 5.98. The molecule has 0 aliphatic rings. The Kier molecular flexibility index (Phi) is 5.77. The van der Waals surface area contributed by atoms with Crippen molar-refractivity contribution >= 4 is 21.6 Å². The molecule has 0 aromatic heterocycles. The second-order valence-corrected chi connectivity index (χ2v) is 8.40. The van der Waals surface area contributed by atoms with Gasteiger partial charge >= 0.3 is 0 Å². The summed E-state index contributed by atoms with van der Waals surface area (Å²) in [4.78, 5) is 0. The van der Waals surface area contributed by atoms with Crippen molar-refractivity contribution in [1.29, 1.82) is 0 Å². The average molecular weight is 386 g/mol. The van der Waals surface area contributed by atoms with Crippen molar-refractivity contribution in [3.63, 3.8) is 0 Å². The van der Waals surface area contributed by atoms with Crippen LogP contribution in [-0.2, 0) is 15.8 Å². The smallest absolute Gasteiger partial charge is 0.212 e. The van der Waals surface area contributed by atoms with Gasteiger partial charge in [-0.15, -0.1) is 0 Å². The topological polar surface area (TPSA) is 46.2 Å². The van der Waals surface area contributed by atoms with Gasteiger partial charge < -0.3 is 0 Å². The highest BCUT2D eigenvalue weighted by atomic mass is 35.5. The van der Waals surface area contributed by atoms with Crippen LogP contribution in [-0.4, -0.2) is 8.42 Å². The van der Waals surface area contributed by atoms with E-state index in [0.29, 0.717) is 10.6 Å². The predicted octanol–water partition coefficient (Wildman–Crippen LogP) is 4.86. The van der Waals surface area contributed by atoms with E-state index in [1.807, 2.05) is 61.5 Å². The van der Waals surface area contributed by atoms with Gasteiger partial charge in [0.05, 0.1) is 11.8 Å². The summed E-state index contributed by atoms with van der Waals surface area (Å²) in [6.45, 7) is 1.98. The summed E-state index contributed by atoms with van der Waals surface area (Å²) in [6, 6.07) is 23.9. The SMILES string of the molecule is Cc1ccccc1[C@H](NS(=O)(=O)Cc1cccc(Cl)c1)c1ccccc1. The lowest BCUT2D eigenvalue weighted by Gasteiger charge is -2.21. The normalized spacial score (nSPS) is 12.7. The van der Waals surface area contributed by atoms with Gasteiger partial charge in [0.1, 0.15) is 0 Å². The van der Waals surface area contributed by atoms with Gasteiger partial charge in [-0.25, -0.2) is 13.1 Å². The Labute approximate surface area is 159 Å². The number of aryl methyl sites for hydroxylation is 1. The second kappa shape index (κ2) is 8.04. The van der Waals surface area contributed by atoms with Gasteiger partial charge in [0.25, 0.3) is 0 Å². The van der Waals surface area contributed by atoms with Gasteiger partial charge in [0, 0.05) is 5.02 Å². The Hall–Kier alpha value is -2.14.